The van der Waals surface area contributed by atoms with Crippen LogP contribution in [0, 0.1) is 11.5 Å². The number of benzene rings is 3. The van der Waals surface area contributed by atoms with Gasteiger partial charge in [-0.25, -0.2) is 4.79 Å². The number of nitriles is 1. The Morgan fingerprint density at radius 2 is 1.76 bits per heavy atom. The van der Waals surface area contributed by atoms with Crippen molar-refractivity contribution in [3.63, 3.8) is 0 Å². The summed E-state index contributed by atoms with van der Waals surface area (Å²) < 4.78 is 16.7. The van der Waals surface area contributed by atoms with Crippen LogP contribution in [0.1, 0.15) is 11.6 Å². The van der Waals surface area contributed by atoms with Crippen molar-refractivity contribution in [2.24, 2.45) is 4.99 Å². The van der Waals surface area contributed by atoms with E-state index < -0.39 is 0 Å². The number of carbonyl (C=O) groups is 1. The average molecular weight is 513 g/mol. The zero-order valence-electron chi connectivity index (χ0n) is 21.0. The van der Waals surface area contributed by atoms with E-state index in [-0.39, 0.29) is 12.1 Å². The topological polar surface area (TPSA) is 111 Å². The molecule has 2 heterocycles. The highest BCUT2D eigenvalue weighted by Gasteiger charge is 2.33. The first kappa shape index (κ1) is 24.8. The number of urea groups is 1. The average Bonchev–Trinajstić information content (AvgIpc) is 2.97. The maximum atomic E-state index is 13.5. The monoisotopic (exact) mass is 512 g/mol. The summed E-state index contributed by atoms with van der Waals surface area (Å²) in [6.45, 7) is 2.29. The lowest BCUT2D eigenvalue weighted by molar-refractivity contribution is 0.136. The van der Waals surface area contributed by atoms with Crippen molar-refractivity contribution >= 4 is 23.4 Å². The SMILES string of the molecule is COc1ccccc1N/C(=N\C#N)N1CCN(C(=O)Nc2ccc3c(c2)OCCO3)C(c2ccccc2)C1. The minimum absolute atomic E-state index is 0.230. The number of aliphatic imine (C=N–C) groups is 1. The number of amides is 2. The number of guanidine groups is 1. The molecule has 38 heavy (non-hydrogen) atoms. The molecule has 5 rings (SSSR count). The van der Waals surface area contributed by atoms with Gasteiger partial charge < -0.3 is 34.6 Å². The molecule has 0 bridgehead atoms. The van der Waals surface area contributed by atoms with Gasteiger partial charge in [-0.3, -0.25) is 0 Å². The standard InChI is InChI=1S/C28H28N6O4/c1-36-24-10-6-5-9-22(24)32-27(30-19-29)33-13-14-34(23(18-33)20-7-3-2-4-8-20)28(35)31-21-11-12-25-26(17-21)38-16-15-37-25/h2-12,17,23H,13-16,18H2,1H3,(H,30,32)(H,31,35). The Bertz CT molecular complexity index is 1360. The molecule has 2 aliphatic rings. The zero-order valence-corrected chi connectivity index (χ0v) is 21.0. The summed E-state index contributed by atoms with van der Waals surface area (Å²) in [5, 5.41) is 15.7. The number of rotatable bonds is 4. The molecule has 2 N–H and O–H groups in total. The summed E-state index contributed by atoms with van der Waals surface area (Å²) >= 11 is 0. The Hall–Kier alpha value is -4.91. The van der Waals surface area contributed by atoms with Crippen LogP contribution in [0.2, 0.25) is 0 Å². The van der Waals surface area contributed by atoms with E-state index in [2.05, 4.69) is 15.6 Å². The second kappa shape index (κ2) is 11.4. The van der Waals surface area contributed by atoms with Crippen LogP contribution in [0.4, 0.5) is 16.2 Å². The van der Waals surface area contributed by atoms with E-state index in [1.165, 1.54) is 0 Å². The molecule has 0 saturated carbocycles. The first-order valence-corrected chi connectivity index (χ1v) is 12.3. The minimum Gasteiger partial charge on any atom is -0.495 e. The molecular formula is C28H28N6O4. The van der Waals surface area contributed by atoms with Crippen LogP contribution in [-0.4, -0.2) is 61.7 Å². The number of para-hydroxylation sites is 2. The Labute approximate surface area is 221 Å². The molecule has 1 unspecified atom stereocenters. The van der Waals surface area contributed by atoms with Crippen molar-refractivity contribution in [1.29, 1.82) is 5.26 Å². The lowest BCUT2D eigenvalue weighted by Crippen LogP contribution is -2.54. The number of piperazine rings is 1. The van der Waals surface area contributed by atoms with E-state index in [0.29, 0.717) is 67.4 Å². The number of fused-ring (bicyclic) bond motifs is 1. The molecular weight excluding hydrogens is 484 g/mol. The summed E-state index contributed by atoms with van der Waals surface area (Å²) in [7, 11) is 1.59. The van der Waals surface area contributed by atoms with Crippen LogP contribution < -0.4 is 24.8 Å². The fraction of sp³-hybridized carbons (Fsp3) is 0.250. The van der Waals surface area contributed by atoms with Crippen molar-refractivity contribution in [3.05, 3.63) is 78.4 Å². The van der Waals surface area contributed by atoms with Crippen LogP contribution in [0.5, 0.6) is 17.2 Å². The number of nitrogens with zero attached hydrogens (tertiary/aromatic N) is 4. The lowest BCUT2D eigenvalue weighted by atomic mass is 10.0. The van der Waals surface area contributed by atoms with Gasteiger partial charge in [0.25, 0.3) is 0 Å². The van der Waals surface area contributed by atoms with Gasteiger partial charge in [-0.15, -0.1) is 4.99 Å². The van der Waals surface area contributed by atoms with Gasteiger partial charge in [0, 0.05) is 31.4 Å². The number of nitrogens with one attached hydrogen (secondary N) is 2. The smallest absolute Gasteiger partial charge is 0.322 e. The van der Waals surface area contributed by atoms with Crippen molar-refractivity contribution in [1.82, 2.24) is 9.80 Å². The summed E-state index contributed by atoms with van der Waals surface area (Å²) in [6, 6.07) is 22.1. The third-order valence-corrected chi connectivity index (χ3v) is 6.43. The zero-order chi connectivity index (χ0) is 26.3. The van der Waals surface area contributed by atoms with Crippen LogP contribution in [0.15, 0.2) is 77.8 Å². The summed E-state index contributed by atoms with van der Waals surface area (Å²) in [5.74, 6) is 2.30. The Morgan fingerprint density at radius 3 is 2.55 bits per heavy atom. The first-order valence-electron chi connectivity index (χ1n) is 12.3. The van der Waals surface area contributed by atoms with Crippen molar-refractivity contribution in [3.8, 4) is 23.4 Å². The van der Waals surface area contributed by atoms with E-state index in [9.17, 15) is 10.1 Å². The van der Waals surface area contributed by atoms with E-state index in [1.807, 2.05) is 65.7 Å². The molecule has 0 aliphatic carbocycles. The molecule has 10 nitrogen and oxygen atoms in total. The summed E-state index contributed by atoms with van der Waals surface area (Å²) in [5.41, 5.74) is 2.29. The van der Waals surface area contributed by atoms with Crippen molar-refractivity contribution in [2.45, 2.75) is 6.04 Å². The quantitative estimate of drug-likeness (QED) is 0.304. The third-order valence-electron chi connectivity index (χ3n) is 6.43. The molecule has 1 fully saturated rings. The Kier molecular flexibility index (Phi) is 7.45. The third kappa shape index (κ3) is 5.42. The van der Waals surface area contributed by atoms with E-state index in [1.54, 1.807) is 30.2 Å². The Morgan fingerprint density at radius 1 is 1.00 bits per heavy atom. The van der Waals surface area contributed by atoms with Gasteiger partial charge in [0.05, 0.1) is 18.8 Å². The predicted octanol–water partition coefficient (Wildman–Crippen LogP) is 4.31. The predicted molar refractivity (Wildman–Crippen MR) is 144 cm³/mol. The molecule has 0 radical (unpaired) electrons. The van der Waals surface area contributed by atoms with Gasteiger partial charge in [0.2, 0.25) is 12.2 Å². The highest BCUT2D eigenvalue weighted by Crippen LogP contribution is 2.33. The second-order valence-electron chi connectivity index (χ2n) is 8.72. The highest BCUT2D eigenvalue weighted by molar-refractivity contribution is 5.96. The van der Waals surface area contributed by atoms with Crippen LogP contribution >= 0.6 is 0 Å². The summed E-state index contributed by atoms with van der Waals surface area (Å²) in [6.07, 6.45) is 1.90. The maximum Gasteiger partial charge on any atom is 0.322 e. The lowest BCUT2D eigenvalue weighted by Gasteiger charge is -2.42. The van der Waals surface area contributed by atoms with Crippen molar-refractivity contribution in [2.75, 3.05) is 50.6 Å². The van der Waals surface area contributed by atoms with E-state index in [0.717, 1.165) is 5.56 Å². The maximum absolute atomic E-state index is 13.5. The van der Waals surface area contributed by atoms with E-state index >= 15 is 0 Å². The second-order valence-corrected chi connectivity index (χ2v) is 8.72. The van der Waals surface area contributed by atoms with Crippen molar-refractivity contribution < 1.29 is 19.0 Å². The number of anilines is 2. The molecule has 194 valence electrons. The Balaban J connectivity index is 1.37. The molecule has 10 heteroatoms. The molecule has 0 aromatic heterocycles. The van der Waals surface area contributed by atoms with Gasteiger partial charge in [0.15, 0.2) is 11.5 Å². The van der Waals surface area contributed by atoms with Gasteiger partial charge in [-0.1, -0.05) is 42.5 Å². The van der Waals surface area contributed by atoms with Gasteiger partial charge in [-0.05, 0) is 29.8 Å². The van der Waals surface area contributed by atoms with Gasteiger partial charge >= 0.3 is 6.03 Å². The van der Waals surface area contributed by atoms with Crippen LogP contribution in [0.25, 0.3) is 0 Å². The molecule has 3 aromatic carbocycles. The molecule has 1 saturated heterocycles. The molecule has 0 spiro atoms. The molecule has 3 aromatic rings. The van der Waals surface area contributed by atoms with Crippen LogP contribution in [0.3, 0.4) is 0 Å². The number of carbonyl (C=O) groups excluding carboxylic acids is 1. The number of hydrogen-bond acceptors (Lipinski definition) is 6. The normalized spacial score (nSPS) is 16.8. The largest absolute Gasteiger partial charge is 0.495 e. The first-order chi connectivity index (χ1) is 18.7. The number of hydrogen-bond donors (Lipinski definition) is 2. The molecule has 2 aliphatic heterocycles. The molecule has 1 atom stereocenters. The number of ether oxygens (including phenoxy) is 3. The van der Waals surface area contributed by atoms with E-state index in [4.69, 9.17) is 14.2 Å². The summed E-state index contributed by atoms with van der Waals surface area (Å²) in [4.78, 5) is 21.3. The minimum atomic E-state index is -0.287. The molecule has 2 amide bonds. The fourth-order valence-electron chi connectivity index (χ4n) is 4.59. The highest BCUT2D eigenvalue weighted by atomic mass is 16.6. The number of methoxy groups -OCH3 is 1. The van der Waals surface area contributed by atoms with Gasteiger partial charge in [-0.2, -0.15) is 5.26 Å². The van der Waals surface area contributed by atoms with Gasteiger partial charge in [0.1, 0.15) is 19.0 Å². The fourth-order valence-corrected chi connectivity index (χ4v) is 4.59. The van der Waals surface area contributed by atoms with Crippen LogP contribution in [-0.2, 0) is 0 Å².